The summed E-state index contributed by atoms with van der Waals surface area (Å²) in [5.74, 6) is -1.87. The third-order valence-corrected chi connectivity index (χ3v) is 3.34. The predicted molar refractivity (Wildman–Crippen MR) is 58.8 cm³/mol. The van der Waals surface area contributed by atoms with E-state index in [1.165, 1.54) is 13.8 Å². The van der Waals surface area contributed by atoms with Crippen molar-refractivity contribution in [2.45, 2.75) is 40.9 Å². The number of hydrogen-bond donors (Lipinski definition) is 0. The van der Waals surface area contributed by atoms with E-state index in [4.69, 9.17) is 9.47 Å². The normalized spacial score (nSPS) is 32.5. The van der Waals surface area contributed by atoms with E-state index in [2.05, 4.69) is 0 Å². The zero-order valence-electron chi connectivity index (χ0n) is 10.8. The van der Waals surface area contributed by atoms with Crippen LogP contribution in [0.25, 0.3) is 0 Å². The first kappa shape index (κ1) is 13.7. The minimum atomic E-state index is -1.23. The van der Waals surface area contributed by atoms with Crippen LogP contribution in [0, 0.1) is 17.3 Å². The summed E-state index contributed by atoms with van der Waals surface area (Å²) in [7, 11) is 0. The maximum Gasteiger partial charge on any atom is 0.323 e. The topological polar surface area (TPSA) is 69.7 Å². The molecule has 0 saturated carbocycles. The molecule has 1 heterocycles. The maximum atomic E-state index is 11.8. The molecule has 0 bridgehead atoms. The van der Waals surface area contributed by atoms with E-state index in [-0.39, 0.29) is 11.7 Å². The number of carbonyl (C=O) groups is 3. The summed E-state index contributed by atoms with van der Waals surface area (Å²) in [5, 5.41) is 0. The van der Waals surface area contributed by atoms with Crippen LogP contribution in [0.4, 0.5) is 0 Å². The Morgan fingerprint density at radius 1 is 1.35 bits per heavy atom. The molecule has 0 spiro atoms. The zero-order valence-corrected chi connectivity index (χ0v) is 10.8. The molecule has 0 N–H and O–H groups in total. The number of ether oxygens (including phenoxy) is 2. The fourth-order valence-electron chi connectivity index (χ4n) is 2.33. The molecule has 1 fully saturated rings. The van der Waals surface area contributed by atoms with Crippen LogP contribution in [-0.4, -0.2) is 24.0 Å². The number of Topliss-reactive ketones (excluding diaryl/α,β-unsaturated/α-hetero) is 1. The highest BCUT2D eigenvalue weighted by Gasteiger charge is 2.59. The molecule has 0 aromatic heterocycles. The summed E-state index contributed by atoms with van der Waals surface area (Å²) in [6.45, 7) is 7.88. The Morgan fingerprint density at radius 3 is 2.24 bits per heavy atom. The van der Waals surface area contributed by atoms with Crippen molar-refractivity contribution in [1.82, 2.24) is 0 Å². The maximum absolute atomic E-state index is 11.8. The van der Waals surface area contributed by atoms with Crippen molar-refractivity contribution in [1.29, 1.82) is 0 Å². The van der Waals surface area contributed by atoms with E-state index in [1.807, 2.05) is 13.8 Å². The lowest BCUT2D eigenvalue weighted by atomic mass is 9.70. The second-order valence-corrected chi connectivity index (χ2v) is 4.91. The predicted octanol–water partition coefficient (Wildman–Crippen LogP) is 1.30. The fraction of sp³-hybridized carbons (Fsp3) is 0.750. The van der Waals surface area contributed by atoms with Gasteiger partial charge in [-0.1, -0.05) is 13.8 Å². The van der Waals surface area contributed by atoms with Crippen LogP contribution >= 0.6 is 0 Å². The summed E-state index contributed by atoms with van der Waals surface area (Å²) < 4.78 is 9.99. The monoisotopic (exact) mass is 242 g/mol. The van der Waals surface area contributed by atoms with Gasteiger partial charge in [-0.05, 0) is 19.8 Å². The molecule has 96 valence electrons. The Labute approximate surface area is 100 Å². The van der Waals surface area contributed by atoms with Gasteiger partial charge >= 0.3 is 11.9 Å². The molecule has 17 heavy (non-hydrogen) atoms. The van der Waals surface area contributed by atoms with Gasteiger partial charge in [-0.15, -0.1) is 0 Å². The van der Waals surface area contributed by atoms with Gasteiger partial charge in [-0.25, -0.2) is 0 Å². The average molecular weight is 242 g/mol. The van der Waals surface area contributed by atoms with Crippen LogP contribution in [0.3, 0.4) is 0 Å². The van der Waals surface area contributed by atoms with Crippen LogP contribution < -0.4 is 0 Å². The van der Waals surface area contributed by atoms with Crippen LogP contribution in [0.1, 0.15) is 34.6 Å². The molecule has 5 heteroatoms. The highest BCUT2D eigenvalue weighted by atomic mass is 16.7. The average Bonchev–Trinajstić information content (AvgIpc) is 2.38. The highest BCUT2D eigenvalue weighted by molar-refractivity contribution is 6.04. The van der Waals surface area contributed by atoms with E-state index in [0.717, 1.165) is 0 Å². The van der Waals surface area contributed by atoms with Gasteiger partial charge in [0.05, 0.1) is 5.92 Å². The Kier molecular flexibility index (Phi) is 3.59. The number of cyclic esters (lactones) is 1. The van der Waals surface area contributed by atoms with Gasteiger partial charge in [0.15, 0.2) is 0 Å². The quantitative estimate of drug-likeness (QED) is 0.551. The summed E-state index contributed by atoms with van der Waals surface area (Å²) in [5.41, 5.74) is -1.23. The molecule has 1 aliphatic heterocycles. The highest BCUT2D eigenvalue weighted by Crippen LogP contribution is 2.45. The van der Waals surface area contributed by atoms with E-state index >= 15 is 0 Å². The zero-order chi connectivity index (χ0) is 13.4. The molecule has 1 saturated heterocycles. The van der Waals surface area contributed by atoms with Crippen molar-refractivity contribution in [2.24, 2.45) is 17.3 Å². The fourth-order valence-corrected chi connectivity index (χ4v) is 2.33. The smallest absolute Gasteiger partial charge is 0.323 e. The van der Waals surface area contributed by atoms with Gasteiger partial charge in [-0.3, -0.25) is 14.4 Å². The third-order valence-electron chi connectivity index (χ3n) is 3.34. The van der Waals surface area contributed by atoms with E-state index < -0.39 is 29.6 Å². The van der Waals surface area contributed by atoms with E-state index in [1.54, 1.807) is 6.92 Å². The molecular weight excluding hydrogens is 224 g/mol. The molecule has 1 rings (SSSR count). The van der Waals surface area contributed by atoms with Crippen molar-refractivity contribution >= 4 is 17.7 Å². The van der Waals surface area contributed by atoms with Crippen LogP contribution in [0.15, 0.2) is 0 Å². The molecule has 0 aliphatic carbocycles. The Morgan fingerprint density at radius 2 is 1.88 bits per heavy atom. The van der Waals surface area contributed by atoms with Gasteiger partial charge in [0.1, 0.15) is 11.2 Å². The second kappa shape index (κ2) is 4.47. The first-order valence-corrected chi connectivity index (χ1v) is 5.60. The standard InChI is InChI=1S/C12H18O5/c1-6(2)9-10(16-8(4)14)17-11(15)12(9,5)7(3)13/h6,9-10H,1-5H3/t9-,10-,12+/m1/s1. The molecular formula is C12H18O5. The summed E-state index contributed by atoms with van der Waals surface area (Å²) in [4.78, 5) is 34.4. The Bertz CT molecular complexity index is 360. The minimum absolute atomic E-state index is 0.0142. The third kappa shape index (κ3) is 2.18. The van der Waals surface area contributed by atoms with Crippen molar-refractivity contribution in [3.05, 3.63) is 0 Å². The van der Waals surface area contributed by atoms with Gasteiger partial charge in [0, 0.05) is 6.92 Å². The number of rotatable bonds is 3. The summed E-state index contributed by atoms with van der Waals surface area (Å²) >= 11 is 0. The first-order valence-electron chi connectivity index (χ1n) is 5.60. The largest absolute Gasteiger partial charge is 0.425 e. The van der Waals surface area contributed by atoms with Gasteiger partial charge in [0.2, 0.25) is 0 Å². The van der Waals surface area contributed by atoms with Gasteiger partial charge in [0.25, 0.3) is 6.29 Å². The lowest BCUT2D eigenvalue weighted by molar-refractivity contribution is -0.181. The molecule has 0 radical (unpaired) electrons. The number of esters is 2. The van der Waals surface area contributed by atoms with Crippen LogP contribution in [-0.2, 0) is 23.9 Å². The number of hydrogen-bond acceptors (Lipinski definition) is 5. The lowest BCUT2D eigenvalue weighted by Gasteiger charge is -2.28. The van der Waals surface area contributed by atoms with E-state index in [0.29, 0.717) is 0 Å². The van der Waals surface area contributed by atoms with Crippen LogP contribution in [0.5, 0.6) is 0 Å². The SMILES string of the molecule is CC(=O)O[C@@H]1OC(=O)[C@@](C)(C(C)=O)[C@@H]1C(C)C. The minimum Gasteiger partial charge on any atom is -0.425 e. The van der Waals surface area contributed by atoms with Gasteiger partial charge in [-0.2, -0.15) is 0 Å². The van der Waals surface area contributed by atoms with Crippen molar-refractivity contribution in [3.63, 3.8) is 0 Å². The molecule has 3 atom stereocenters. The number of ketones is 1. The lowest BCUT2D eigenvalue weighted by Crippen LogP contribution is -2.41. The molecule has 0 unspecified atom stereocenters. The Hall–Kier alpha value is -1.39. The molecule has 0 aromatic rings. The molecule has 1 aliphatic rings. The second-order valence-electron chi connectivity index (χ2n) is 4.91. The van der Waals surface area contributed by atoms with Crippen molar-refractivity contribution < 1.29 is 23.9 Å². The number of carbonyl (C=O) groups excluding carboxylic acids is 3. The van der Waals surface area contributed by atoms with E-state index in [9.17, 15) is 14.4 Å². The van der Waals surface area contributed by atoms with Crippen molar-refractivity contribution in [2.75, 3.05) is 0 Å². The molecule has 0 amide bonds. The summed E-state index contributed by atoms with van der Waals surface area (Å²) in [6, 6.07) is 0. The molecule has 0 aromatic carbocycles. The first-order chi connectivity index (χ1) is 7.71. The van der Waals surface area contributed by atoms with Crippen molar-refractivity contribution in [3.8, 4) is 0 Å². The molecule has 5 nitrogen and oxygen atoms in total. The summed E-state index contributed by atoms with van der Waals surface area (Å²) in [6.07, 6.45) is -0.964. The van der Waals surface area contributed by atoms with Crippen LogP contribution in [0.2, 0.25) is 0 Å². The van der Waals surface area contributed by atoms with Gasteiger partial charge < -0.3 is 9.47 Å². The Balaban J connectivity index is 3.11.